The molecule has 0 aliphatic heterocycles. The third-order valence-corrected chi connectivity index (χ3v) is 5.75. The summed E-state index contributed by atoms with van der Waals surface area (Å²) in [5.41, 5.74) is 3.03. The number of hydrogen-bond donors (Lipinski definition) is 2. The lowest BCUT2D eigenvalue weighted by molar-refractivity contribution is 0.0594. The second-order valence-corrected chi connectivity index (χ2v) is 8.31. The lowest BCUT2D eigenvalue weighted by Crippen LogP contribution is -2.20. The molecule has 0 spiro atoms. The minimum Gasteiger partial charge on any atom is -0.480 e. The van der Waals surface area contributed by atoms with Gasteiger partial charge in [-0.05, 0) is 47.5 Å². The van der Waals surface area contributed by atoms with E-state index in [1.54, 1.807) is 18.2 Å². The van der Waals surface area contributed by atoms with Crippen LogP contribution in [0, 0.1) is 11.3 Å². The number of amides is 2. The fourth-order valence-corrected chi connectivity index (χ4v) is 3.89. The number of nitrogens with zero attached hydrogens (tertiary/aromatic N) is 1. The van der Waals surface area contributed by atoms with Gasteiger partial charge in [0.25, 0.3) is 0 Å². The van der Waals surface area contributed by atoms with Crippen LogP contribution < -0.4 is 15.4 Å². The molecule has 0 saturated heterocycles. The summed E-state index contributed by atoms with van der Waals surface area (Å²) in [5, 5.41) is 14.5. The van der Waals surface area contributed by atoms with Crippen molar-refractivity contribution in [3.05, 3.63) is 124 Å². The van der Waals surface area contributed by atoms with Gasteiger partial charge in [-0.3, -0.25) is 0 Å². The predicted octanol–water partition coefficient (Wildman–Crippen LogP) is 6.81. The van der Waals surface area contributed by atoms with E-state index < -0.39 is 18.1 Å². The first-order valence-electron chi connectivity index (χ1n) is 11.2. The van der Waals surface area contributed by atoms with Crippen LogP contribution in [0.5, 0.6) is 5.75 Å². The molecular weight excluding hydrogens is 490 g/mol. The van der Waals surface area contributed by atoms with E-state index in [-0.39, 0.29) is 10.6 Å². The van der Waals surface area contributed by atoms with Crippen LogP contribution in [0.25, 0.3) is 0 Å². The predicted molar refractivity (Wildman–Crippen MR) is 142 cm³/mol. The first-order valence-corrected chi connectivity index (χ1v) is 11.6. The summed E-state index contributed by atoms with van der Waals surface area (Å²) in [6.45, 7) is 0. The van der Waals surface area contributed by atoms with E-state index in [1.165, 1.54) is 25.3 Å². The molecule has 0 radical (unpaired) electrons. The molecule has 0 atom stereocenters. The zero-order valence-electron chi connectivity index (χ0n) is 19.8. The van der Waals surface area contributed by atoms with Crippen molar-refractivity contribution in [2.45, 2.75) is 6.10 Å². The van der Waals surface area contributed by atoms with Crippen LogP contribution in [0.3, 0.4) is 0 Å². The second kappa shape index (κ2) is 11.8. The standard InChI is InChI=1S/C29H22ClN3O4/c1-36-28(34)24-16-22(32-29(35)33-23-13-12-21(18-31)25(30)17-23)14-15-26(24)37-27(19-8-4-2-5-9-19)20-10-6-3-7-11-20/h2-17,27H,1H3,(H2,32,33,35). The van der Waals surface area contributed by atoms with E-state index in [0.29, 0.717) is 22.7 Å². The summed E-state index contributed by atoms with van der Waals surface area (Å²) in [7, 11) is 1.28. The molecular formula is C29H22ClN3O4. The molecule has 0 aromatic heterocycles. The Kier molecular flexibility index (Phi) is 8.04. The number of urea groups is 1. The highest BCUT2D eigenvalue weighted by atomic mass is 35.5. The Morgan fingerprint density at radius 2 is 1.41 bits per heavy atom. The van der Waals surface area contributed by atoms with Crippen molar-refractivity contribution in [2.24, 2.45) is 0 Å². The third kappa shape index (κ3) is 6.26. The Labute approximate surface area is 219 Å². The molecule has 4 aromatic rings. The van der Waals surface area contributed by atoms with Gasteiger partial charge in [0, 0.05) is 11.4 Å². The Hall–Kier alpha value is -4.80. The zero-order valence-corrected chi connectivity index (χ0v) is 20.5. The maximum atomic E-state index is 12.6. The SMILES string of the molecule is COC(=O)c1cc(NC(=O)Nc2ccc(C#N)c(Cl)c2)ccc1OC(c1ccccc1)c1ccccc1. The molecule has 0 fully saturated rings. The highest BCUT2D eigenvalue weighted by molar-refractivity contribution is 6.32. The molecule has 0 aliphatic carbocycles. The Balaban J connectivity index is 1.59. The smallest absolute Gasteiger partial charge is 0.341 e. The molecule has 0 heterocycles. The molecule has 0 aliphatic rings. The average molecular weight is 512 g/mol. The highest BCUT2D eigenvalue weighted by Crippen LogP contribution is 2.32. The average Bonchev–Trinajstić information content (AvgIpc) is 2.93. The molecule has 8 heteroatoms. The minimum absolute atomic E-state index is 0.151. The topological polar surface area (TPSA) is 100 Å². The van der Waals surface area contributed by atoms with E-state index in [0.717, 1.165) is 11.1 Å². The summed E-state index contributed by atoms with van der Waals surface area (Å²) >= 11 is 6.03. The molecule has 184 valence electrons. The quantitative estimate of drug-likeness (QED) is 0.265. The van der Waals surface area contributed by atoms with Gasteiger partial charge in [0.15, 0.2) is 0 Å². The number of methoxy groups -OCH3 is 1. The number of nitriles is 1. The maximum Gasteiger partial charge on any atom is 0.341 e. The van der Waals surface area contributed by atoms with E-state index in [1.807, 2.05) is 66.7 Å². The number of ether oxygens (including phenoxy) is 2. The first kappa shape index (κ1) is 25.3. The molecule has 0 bridgehead atoms. The van der Waals surface area contributed by atoms with Gasteiger partial charge in [-0.25, -0.2) is 9.59 Å². The van der Waals surface area contributed by atoms with Gasteiger partial charge in [0.2, 0.25) is 0 Å². The van der Waals surface area contributed by atoms with Gasteiger partial charge in [-0.15, -0.1) is 0 Å². The van der Waals surface area contributed by atoms with Gasteiger partial charge in [0.05, 0.1) is 17.7 Å². The van der Waals surface area contributed by atoms with Gasteiger partial charge in [-0.1, -0.05) is 72.3 Å². The lowest BCUT2D eigenvalue weighted by atomic mass is 10.0. The van der Waals surface area contributed by atoms with Crippen LogP contribution in [0.4, 0.5) is 16.2 Å². The molecule has 2 amide bonds. The van der Waals surface area contributed by atoms with Crippen molar-refractivity contribution in [2.75, 3.05) is 17.7 Å². The molecule has 37 heavy (non-hydrogen) atoms. The van der Waals surface area contributed by atoms with Crippen molar-refractivity contribution >= 4 is 35.0 Å². The first-order chi connectivity index (χ1) is 18.0. The third-order valence-electron chi connectivity index (χ3n) is 5.44. The van der Waals surface area contributed by atoms with Crippen LogP contribution in [0.15, 0.2) is 97.1 Å². The van der Waals surface area contributed by atoms with Crippen molar-refractivity contribution in [1.82, 2.24) is 0 Å². The summed E-state index contributed by atoms with van der Waals surface area (Å²) in [5.74, 6) is -0.313. The van der Waals surface area contributed by atoms with Crippen molar-refractivity contribution in [1.29, 1.82) is 5.26 Å². The Bertz CT molecular complexity index is 1410. The van der Waals surface area contributed by atoms with Crippen LogP contribution in [-0.2, 0) is 4.74 Å². The summed E-state index contributed by atoms with van der Waals surface area (Å²) in [6.07, 6.45) is -0.478. The largest absolute Gasteiger partial charge is 0.480 e. The number of esters is 1. The fourth-order valence-electron chi connectivity index (χ4n) is 3.67. The number of anilines is 2. The number of carbonyl (C=O) groups is 2. The van der Waals surface area contributed by atoms with Crippen molar-refractivity contribution in [3.8, 4) is 11.8 Å². The normalized spacial score (nSPS) is 10.3. The minimum atomic E-state index is -0.613. The molecule has 4 rings (SSSR count). The molecule has 0 unspecified atom stereocenters. The van der Waals surface area contributed by atoms with Gasteiger partial charge >= 0.3 is 12.0 Å². The fraction of sp³-hybridized carbons (Fsp3) is 0.0690. The van der Waals surface area contributed by atoms with E-state index in [2.05, 4.69) is 10.6 Å². The Morgan fingerprint density at radius 1 is 0.838 bits per heavy atom. The Morgan fingerprint density at radius 3 is 1.95 bits per heavy atom. The second-order valence-electron chi connectivity index (χ2n) is 7.91. The molecule has 4 aromatic carbocycles. The van der Waals surface area contributed by atoms with Crippen LogP contribution in [0.1, 0.15) is 33.2 Å². The van der Waals surface area contributed by atoms with Crippen molar-refractivity contribution in [3.63, 3.8) is 0 Å². The van der Waals surface area contributed by atoms with E-state index in [4.69, 9.17) is 26.3 Å². The maximum absolute atomic E-state index is 12.6. The van der Waals surface area contributed by atoms with Gasteiger partial charge in [0.1, 0.15) is 23.5 Å². The molecule has 2 N–H and O–H groups in total. The summed E-state index contributed by atoms with van der Waals surface area (Å²) < 4.78 is 11.3. The molecule has 7 nitrogen and oxygen atoms in total. The number of rotatable bonds is 7. The van der Waals surface area contributed by atoms with Crippen LogP contribution >= 0.6 is 11.6 Å². The summed E-state index contributed by atoms with van der Waals surface area (Å²) in [6, 6.07) is 30.0. The summed E-state index contributed by atoms with van der Waals surface area (Å²) in [4.78, 5) is 25.2. The van der Waals surface area contributed by atoms with E-state index >= 15 is 0 Å². The number of halogens is 1. The highest BCUT2D eigenvalue weighted by Gasteiger charge is 2.21. The zero-order chi connectivity index (χ0) is 26.2. The number of nitrogens with one attached hydrogen (secondary N) is 2. The van der Waals surface area contributed by atoms with Gasteiger partial charge < -0.3 is 20.1 Å². The molecule has 0 saturated carbocycles. The lowest BCUT2D eigenvalue weighted by Gasteiger charge is -2.22. The van der Waals surface area contributed by atoms with Gasteiger partial charge in [-0.2, -0.15) is 5.26 Å². The number of hydrogen-bond acceptors (Lipinski definition) is 5. The van der Waals surface area contributed by atoms with E-state index in [9.17, 15) is 9.59 Å². The van der Waals surface area contributed by atoms with Crippen molar-refractivity contribution < 1.29 is 19.1 Å². The van der Waals surface area contributed by atoms with Crippen LogP contribution in [-0.4, -0.2) is 19.1 Å². The van der Waals surface area contributed by atoms with Crippen LogP contribution in [0.2, 0.25) is 5.02 Å². The number of benzene rings is 4. The number of carbonyl (C=O) groups excluding carboxylic acids is 2. The monoisotopic (exact) mass is 511 g/mol.